The lowest BCUT2D eigenvalue weighted by molar-refractivity contribution is 0.0688. The van der Waals surface area contributed by atoms with Gasteiger partial charge in [0.05, 0.1) is 6.61 Å². The first kappa shape index (κ1) is 10.2. The molecule has 17 heavy (non-hydrogen) atoms. The Morgan fingerprint density at radius 2 is 2.35 bits per heavy atom. The van der Waals surface area contributed by atoms with Gasteiger partial charge in [0.15, 0.2) is 5.65 Å². The number of aromatic nitrogens is 3. The molecule has 0 saturated carbocycles. The van der Waals surface area contributed by atoms with Crippen LogP contribution in [0.15, 0.2) is 18.2 Å². The highest BCUT2D eigenvalue weighted by molar-refractivity contribution is 5.86. The molecule has 0 aromatic carbocycles. The molecule has 6 nitrogen and oxygen atoms in total. The van der Waals surface area contributed by atoms with Crippen molar-refractivity contribution in [3.05, 3.63) is 29.7 Å². The molecule has 1 unspecified atom stereocenters. The second kappa shape index (κ2) is 3.81. The molecule has 1 aliphatic heterocycles. The normalized spacial score (nSPS) is 19.9. The lowest BCUT2D eigenvalue weighted by atomic mass is 10.1. The Kier molecular flexibility index (Phi) is 2.29. The quantitative estimate of drug-likeness (QED) is 0.835. The SMILES string of the molecule is O=C(O)c1cccc2nnc(C3CCOC3)n12. The van der Waals surface area contributed by atoms with Gasteiger partial charge in [-0.3, -0.25) is 4.40 Å². The van der Waals surface area contributed by atoms with E-state index in [2.05, 4.69) is 10.2 Å². The van der Waals surface area contributed by atoms with E-state index in [-0.39, 0.29) is 11.6 Å². The van der Waals surface area contributed by atoms with Gasteiger partial charge in [-0.05, 0) is 18.6 Å². The smallest absolute Gasteiger partial charge is 0.352 e. The van der Waals surface area contributed by atoms with Crippen molar-refractivity contribution in [3.63, 3.8) is 0 Å². The maximum atomic E-state index is 11.2. The van der Waals surface area contributed by atoms with Crippen molar-refractivity contribution >= 4 is 11.6 Å². The Morgan fingerprint density at radius 1 is 1.47 bits per heavy atom. The summed E-state index contributed by atoms with van der Waals surface area (Å²) >= 11 is 0. The number of nitrogens with zero attached hydrogens (tertiary/aromatic N) is 3. The lowest BCUT2D eigenvalue weighted by Crippen LogP contribution is -2.11. The summed E-state index contributed by atoms with van der Waals surface area (Å²) < 4.78 is 6.90. The predicted molar refractivity (Wildman–Crippen MR) is 58.1 cm³/mol. The van der Waals surface area contributed by atoms with Gasteiger partial charge in [0, 0.05) is 12.5 Å². The molecule has 88 valence electrons. The second-order valence-electron chi connectivity index (χ2n) is 4.03. The molecule has 2 aromatic heterocycles. The Morgan fingerprint density at radius 3 is 3.06 bits per heavy atom. The third-order valence-corrected chi connectivity index (χ3v) is 2.97. The molecule has 2 aromatic rings. The van der Waals surface area contributed by atoms with E-state index >= 15 is 0 Å². The number of carboxylic acids is 1. The summed E-state index contributed by atoms with van der Waals surface area (Å²) in [6.07, 6.45) is 0.856. The first-order valence-electron chi connectivity index (χ1n) is 5.42. The van der Waals surface area contributed by atoms with E-state index in [0.717, 1.165) is 6.42 Å². The van der Waals surface area contributed by atoms with Crippen LogP contribution in [0.4, 0.5) is 0 Å². The summed E-state index contributed by atoms with van der Waals surface area (Å²) in [5.74, 6) is -0.170. The minimum Gasteiger partial charge on any atom is -0.477 e. The Hall–Kier alpha value is -1.95. The molecule has 0 spiro atoms. The second-order valence-corrected chi connectivity index (χ2v) is 4.03. The first-order valence-corrected chi connectivity index (χ1v) is 5.42. The average molecular weight is 233 g/mol. The van der Waals surface area contributed by atoms with Gasteiger partial charge in [0.2, 0.25) is 0 Å². The minimum absolute atomic E-state index is 0.130. The van der Waals surface area contributed by atoms with Gasteiger partial charge in [-0.15, -0.1) is 10.2 Å². The number of pyridine rings is 1. The number of hydrogen-bond acceptors (Lipinski definition) is 4. The fourth-order valence-electron chi connectivity index (χ4n) is 2.13. The van der Waals surface area contributed by atoms with E-state index in [1.54, 1.807) is 22.6 Å². The van der Waals surface area contributed by atoms with Crippen molar-refractivity contribution in [2.24, 2.45) is 0 Å². The van der Waals surface area contributed by atoms with Crippen LogP contribution >= 0.6 is 0 Å². The van der Waals surface area contributed by atoms with E-state index in [1.165, 1.54) is 0 Å². The topological polar surface area (TPSA) is 76.7 Å². The number of carbonyl (C=O) groups is 1. The van der Waals surface area contributed by atoms with Crippen molar-refractivity contribution in [1.29, 1.82) is 0 Å². The van der Waals surface area contributed by atoms with Gasteiger partial charge in [-0.2, -0.15) is 0 Å². The molecule has 0 aliphatic carbocycles. The molecular weight excluding hydrogens is 222 g/mol. The number of fused-ring (bicyclic) bond motifs is 1. The first-order chi connectivity index (χ1) is 8.27. The molecule has 0 radical (unpaired) electrons. The summed E-state index contributed by atoms with van der Waals surface area (Å²) in [5, 5.41) is 17.3. The third kappa shape index (κ3) is 1.57. The highest BCUT2D eigenvalue weighted by atomic mass is 16.5. The molecule has 0 amide bonds. The summed E-state index contributed by atoms with van der Waals surface area (Å²) in [6.45, 7) is 1.27. The maximum absolute atomic E-state index is 11.2. The minimum atomic E-state index is -0.976. The van der Waals surface area contributed by atoms with E-state index in [0.29, 0.717) is 24.7 Å². The van der Waals surface area contributed by atoms with Gasteiger partial charge < -0.3 is 9.84 Å². The molecule has 1 fully saturated rings. The van der Waals surface area contributed by atoms with Crippen LogP contribution in [0.2, 0.25) is 0 Å². The monoisotopic (exact) mass is 233 g/mol. The van der Waals surface area contributed by atoms with Crippen molar-refractivity contribution in [3.8, 4) is 0 Å². The van der Waals surface area contributed by atoms with Crippen molar-refractivity contribution in [2.75, 3.05) is 13.2 Å². The Bertz CT molecular complexity index is 572. The third-order valence-electron chi connectivity index (χ3n) is 2.97. The fourth-order valence-corrected chi connectivity index (χ4v) is 2.13. The average Bonchev–Trinajstić information content (AvgIpc) is 2.96. The highest BCUT2D eigenvalue weighted by Crippen LogP contribution is 2.24. The number of aromatic carboxylic acids is 1. The van der Waals surface area contributed by atoms with Gasteiger partial charge >= 0.3 is 5.97 Å². The number of rotatable bonds is 2. The summed E-state index contributed by atoms with van der Waals surface area (Å²) in [7, 11) is 0. The van der Waals surface area contributed by atoms with Crippen molar-refractivity contribution in [1.82, 2.24) is 14.6 Å². The zero-order chi connectivity index (χ0) is 11.8. The Labute approximate surface area is 96.8 Å². The van der Waals surface area contributed by atoms with E-state index in [1.807, 2.05) is 0 Å². The van der Waals surface area contributed by atoms with E-state index in [9.17, 15) is 4.79 Å². The van der Waals surface area contributed by atoms with Crippen LogP contribution in [0, 0.1) is 0 Å². The van der Waals surface area contributed by atoms with Crippen LogP contribution in [-0.2, 0) is 4.74 Å². The van der Waals surface area contributed by atoms with E-state index in [4.69, 9.17) is 9.84 Å². The molecule has 1 N–H and O–H groups in total. The molecule has 6 heteroatoms. The van der Waals surface area contributed by atoms with Gasteiger partial charge in [0.25, 0.3) is 0 Å². The van der Waals surface area contributed by atoms with Gasteiger partial charge in [-0.25, -0.2) is 4.79 Å². The van der Waals surface area contributed by atoms with Crippen LogP contribution in [0.1, 0.15) is 28.7 Å². The molecule has 0 bridgehead atoms. The zero-order valence-electron chi connectivity index (χ0n) is 9.04. The van der Waals surface area contributed by atoms with Crippen LogP contribution in [0.25, 0.3) is 5.65 Å². The summed E-state index contributed by atoms with van der Waals surface area (Å²) in [4.78, 5) is 11.2. The number of carboxylic acid groups (broad SMARTS) is 1. The van der Waals surface area contributed by atoms with Crippen LogP contribution in [0.3, 0.4) is 0 Å². The lowest BCUT2D eigenvalue weighted by Gasteiger charge is -2.07. The van der Waals surface area contributed by atoms with Crippen LogP contribution in [-0.4, -0.2) is 38.9 Å². The molecular formula is C11H11N3O3. The maximum Gasteiger partial charge on any atom is 0.352 e. The number of ether oxygens (including phenoxy) is 1. The molecule has 3 heterocycles. The van der Waals surface area contributed by atoms with Crippen LogP contribution < -0.4 is 0 Å². The molecule has 1 aliphatic rings. The summed E-state index contributed by atoms with van der Waals surface area (Å²) in [6, 6.07) is 4.97. The van der Waals surface area contributed by atoms with E-state index < -0.39 is 5.97 Å². The van der Waals surface area contributed by atoms with Crippen LogP contribution in [0.5, 0.6) is 0 Å². The number of hydrogen-bond donors (Lipinski definition) is 1. The zero-order valence-corrected chi connectivity index (χ0v) is 9.04. The molecule has 3 rings (SSSR count). The molecule has 1 atom stereocenters. The molecule has 1 saturated heterocycles. The summed E-state index contributed by atoms with van der Waals surface area (Å²) in [5.41, 5.74) is 0.751. The van der Waals surface area contributed by atoms with Crippen molar-refractivity contribution in [2.45, 2.75) is 12.3 Å². The highest BCUT2D eigenvalue weighted by Gasteiger charge is 2.25. The van der Waals surface area contributed by atoms with Gasteiger partial charge in [-0.1, -0.05) is 6.07 Å². The van der Waals surface area contributed by atoms with Crippen molar-refractivity contribution < 1.29 is 14.6 Å². The predicted octanol–water partition coefficient (Wildman–Crippen LogP) is 0.931. The standard InChI is InChI=1S/C11H11N3O3/c15-11(16)8-2-1-3-9-12-13-10(14(8)9)7-4-5-17-6-7/h1-3,7H,4-6H2,(H,15,16). The largest absolute Gasteiger partial charge is 0.477 e. The van der Waals surface area contributed by atoms with Gasteiger partial charge in [0.1, 0.15) is 11.5 Å². The Balaban J connectivity index is 2.21. The fraction of sp³-hybridized carbons (Fsp3) is 0.364.